The lowest BCUT2D eigenvalue weighted by Crippen LogP contribution is -2.12. The number of carbonyl (C=O) groups is 2. The second kappa shape index (κ2) is 6.71. The van der Waals surface area contributed by atoms with Gasteiger partial charge in [-0.15, -0.1) is 0 Å². The largest absolute Gasteiger partial charge is 0.493 e. The normalized spacial score (nSPS) is 9.95. The van der Waals surface area contributed by atoms with Gasteiger partial charge in [0.25, 0.3) is 0 Å². The minimum atomic E-state index is -0.895. The molecule has 0 aliphatic heterocycles. The number of hydrogen-bond acceptors (Lipinski definition) is 5. The van der Waals surface area contributed by atoms with Crippen molar-refractivity contribution in [2.24, 2.45) is 0 Å². The Balaban J connectivity index is 2.42. The minimum absolute atomic E-state index is 0.0242. The van der Waals surface area contributed by atoms with Crippen LogP contribution >= 0.6 is 0 Å². The average molecular weight is 304 g/mol. The maximum Gasteiger partial charge on any atom is 0.346 e. The Morgan fingerprint density at radius 1 is 1.09 bits per heavy atom. The molecule has 22 heavy (non-hydrogen) atoms. The van der Waals surface area contributed by atoms with Crippen molar-refractivity contribution in [3.05, 3.63) is 53.3 Å². The summed E-state index contributed by atoms with van der Waals surface area (Å²) in [4.78, 5) is 23.0. The number of ether oxygens (including phenoxy) is 3. The summed E-state index contributed by atoms with van der Waals surface area (Å²) in [7, 11) is 2.70. The Morgan fingerprint density at radius 3 is 2.18 bits per heavy atom. The molecule has 2 aromatic carbocycles. The molecule has 5 nitrogen and oxygen atoms in total. The molecule has 0 spiro atoms. The van der Waals surface area contributed by atoms with Crippen LogP contribution in [0.15, 0.2) is 36.4 Å². The number of esters is 1. The van der Waals surface area contributed by atoms with Crippen LogP contribution in [-0.2, 0) is 0 Å². The fraction of sp³-hybridized carbons (Fsp3) is 0.125. The van der Waals surface area contributed by atoms with E-state index in [0.29, 0.717) is 11.8 Å². The predicted molar refractivity (Wildman–Crippen MR) is 76.3 cm³/mol. The van der Waals surface area contributed by atoms with Crippen molar-refractivity contribution >= 4 is 12.3 Å². The summed E-state index contributed by atoms with van der Waals surface area (Å²) in [6.45, 7) is 0. The number of carbonyl (C=O) groups excluding carboxylic acids is 2. The van der Waals surface area contributed by atoms with Crippen LogP contribution in [0.3, 0.4) is 0 Å². The monoisotopic (exact) mass is 304 g/mol. The van der Waals surface area contributed by atoms with Gasteiger partial charge in [0.1, 0.15) is 12.1 Å². The smallest absolute Gasteiger partial charge is 0.346 e. The number of rotatable bonds is 5. The first-order chi connectivity index (χ1) is 10.6. The van der Waals surface area contributed by atoms with E-state index in [1.54, 1.807) is 0 Å². The van der Waals surface area contributed by atoms with Crippen molar-refractivity contribution in [3.63, 3.8) is 0 Å². The van der Waals surface area contributed by atoms with Gasteiger partial charge in [0.05, 0.1) is 19.8 Å². The van der Waals surface area contributed by atoms with E-state index >= 15 is 0 Å². The molecule has 0 unspecified atom stereocenters. The van der Waals surface area contributed by atoms with Gasteiger partial charge in [0.2, 0.25) is 5.75 Å². The molecule has 0 atom stereocenters. The van der Waals surface area contributed by atoms with Gasteiger partial charge >= 0.3 is 5.97 Å². The molecular formula is C16H13FO5. The van der Waals surface area contributed by atoms with Crippen LogP contribution in [0, 0.1) is 5.82 Å². The van der Waals surface area contributed by atoms with Gasteiger partial charge in [-0.3, -0.25) is 4.79 Å². The van der Waals surface area contributed by atoms with Crippen LogP contribution in [0.1, 0.15) is 20.7 Å². The zero-order chi connectivity index (χ0) is 16.1. The Bertz CT molecular complexity index is 686. The van der Waals surface area contributed by atoms with Gasteiger partial charge in [-0.25, -0.2) is 9.18 Å². The van der Waals surface area contributed by atoms with Crippen molar-refractivity contribution in [2.45, 2.75) is 0 Å². The lowest BCUT2D eigenvalue weighted by Gasteiger charge is -2.14. The molecular weight excluding hydrogens is 291 g/mol. The number of hydrogen-bond donors (Lipinski definition) is 0. The Labute approximate surface area is 126 Å². The molecule has 0 aliphatic carbocycles. The molecule has 0 aromatic heterocycles. The molecule has 0 saturated heterocycles. The molecule has 0 fully saturated rings. The Kier molecular flexibility index (Phi) is 4.73. The topological polar surface area (TPSA) is 61.8 Å². The zero-order valence-corrected chi connectivity index (χ0v) is 12.0. The van der Waals surface area contributed by atoms with E-state index in [-0.39, 0.29) is 22.8 Å². The highest BCUT2D eigenvalue weighted by Crippen LogP contribution is 2.38. The highest BCUT2D eigenvalue weighted by molar-refractivity contribution is 5.92. The van der Waals surface area contributed by atoms with Crippen LogP contribution in [0.4, 0.5) is 4.39 Å². The maximum atomic E-state index is 13.6. The van der Waals surface area contributed by atoms with E-state index in [1.165, 1.54) is 44.6 Å². The van der Waals surface area contributed by atoms with Crippen LogP contribution in [0.2, 0.25) is 0 Å². The Hall–Kier alpha value is -2.89. The molecule has 114 valence electrons. The molecule has 0 N–H and O–H groups in total. The fourth-order valence-corrected chi connectivity index (χ4v) is 1.84. The molecule has 0 amide bonds. The summed E-state index contributed by atoms with van der Waals surface area (Å²) < 4.78 is 29.0. The third-order valence-electron chi connectivity index (χ3n) is 2.91. The van der Waals surface area contributed by atoms with E-state index in [0.717, 1.165) is 6.07 Å². The fourth-order valence-electron chi connectivity index (χ4n) is 1.84. The summed E-state index contributed by atoms with van der Waals surface area (Å²) in [5.41, 5.74) is 0.0745. The van der Waals surface area contributed by atoms with E-state index in [4.69, 9.17) is 14.2 Å². The first-order valence-electron chi connectivity index (χ1n) is 6.28. The number of halogens is 1. The number of benzene rings is 2. The van der Waals surface area contributed by atoms with Crippen LogP contribution in [0.25, 0.3) is 0 Å². The van der Waals surface area contributed by atoms with Crippen LogP contribution < -0.4 is 14.2 Å². The van der Waals surface area contributed by atoms with Crippen molar-refractivity contribution < 1.29 is 28.2 Å². The van der Waals surface area contributed by atoms with Crippen LogP contribution in [-0.4, -0.2) is 26.5 Å². The van der Waals surface area contributed by atoms with E-state index in [9.17, 15) is 14.0 Å². The van der Waals surface area contributed by atoms with E-state index in [2.05, 4.69) is 0 Å². The molecule has 6 heteroatoms. The highest BCUT2D eigenvalue weighted by Gasteiger charge is 2.20. The third kappa shape index (κ3) is 3.06. The van der Waals surface area contributed by atoms with Gasteiger partial charge in [0, 0.05) is 5.56 Å². The lowest BCUT2D eigenvalue weighted by atomic mass is 10.2. The second-order valence-corrected chi connectivity index (χ2v) is 4.24. The molecule has 0 radical (unpaired) electrons. The second-order valence-electron chi connectivity index (χ2n) is 4.24. The Morgan fingerprint density at radius 2 is 1.68 bits per heavy atom. The van der Waals surface area contributed by atoms with Crippen molar-refractivity contribution in [2.75, 3.05) is 14.2 Å². The van der Waals surface area contributed by atoms with Gasteiger partial charge in [-0.05, 0) is 24.3 Å². The number of methoxy groups -OCH3 is 2. The van der Waals surface area contributed by atoms with Gasteiger partial charge in [0.15, 0.2) is 11.5 Å². The standard InChI is InChI=1S/C16H13FO5/c1-20-13-7-10(9-18)8-14(21-2)15(13)22-16(19)11-5-3-4-6-12(11)17/h3-9H,1-2H3. The third-order valence-corrected chi connectivity index (χ3v) is 2.91. The minimum Gasteiger partial charge on any atom is -0.493 e. The lowest BCUT2D eigenvalue weighted by molar-refractivity contribution is 0.0719. The molecule has 0 bridgehead atoms. The summed E-state index contributed by atoms with van der Waals surface area (Å²) in [6.07, 6.45) is 0.605. The van der Waals surface area contributed by atoms with Crippen LogP contribution in [0.5, 0.6) is 17.2 Å². The SMILES string of the molecule is COc1cc(C=O)cc(OC)c1OC(=O)c1ccccc1F. The van der Waals surface area contributed by atoms with Gasteiger partial charge < -0.3 is 14.2 Å². The van der Waals surface area contributed by atoms with E-state index in [1.807, 2.05) is 0 Å². The first kappa shape index (κ1) is 15.5. The molecule has 2 rings (SSSR count). The maximum absolute atomic E-state index is 13.6. The molecule has 2 aromatic rings. The summed E-state index contributed by atoms with van der Waals surface area (Å²) >= 11 is 0. The average Bonchev–Trinajstić information content (AvgIpc) is 2.55. The number of aldehydes is 1. The van der Waals surface area contributed by atoms with Gasteiger partial charge in [-0.2, -0.15) is 0 Å². The summed E-state index contributed by atoms with van der Waals surface area (Å²) in [6, 6.07) is 8.21. The quantitative estimate of drug-likeness (QED) is 0.483. The summed E-state index contributed by atoms with van der Waals surface area (Å²) in [5.74, 6) is -1.36. The zero-order valence-electron chi connectivity index (χ0n) is 12.0. The predicted octanol–water partition coefficient (Wildman–Crippen LogP) is 2.87. The molecule has 0 heterocycles. The van der Waals surface area contributed by atoms with Crippen molar-refractivity contribution in [1.29, 1.82) is 0 Å². The molecule has 0 saturated carbocycles. The highest BCUT2D eigenvalue weighted by atomic mass is 19.1. The van der Waals surface area contributed by atoms with Gasteiger partial charge in [-0.1, -0.05) is 12.1 Å². The molecule has 0 aliphatic rings. The first-order valence-corrected chi connectivity index (χ1v) is 6.28. The van der Waals surface area contributed by atoms with Crippen molar-refractivity contribution in [1.82, 2.24) is 0 Å². The van der Waals surface area contributed by atoms with E-state index < -0.39 is 11.8 Å². The van der Waals surface area contributed by atoms with Crippen molar-refractivity contribution in [3.8, 4) is 17.2 Å². The summed E-state index contributed by atoms with van der Waals surface area (Å²) in [5, 5.41) is 0.